The topological polar surface area (TPSA) is 95.1 Å². The first kappa shape index (κ1) is 30.1. The van der Waals surface area contributed by atoms with Gasteiger partial charge in [0, 0.05) is 5.57 Å². The first-order valence-electron chi connectivity index (χ1n) is 3.00. The van der Waals surface area contributed by atoms with E-state index in [9.17, 15) is 9.59 Å². The Hall–Kier alpha value is -3.62. The maximum atomic E-state index is 9.60. The zero-order chi connectivity index (χ0) is 10.1. The van der Waals surface area contributed by atoms with Crippen LogP contribution in [0, 0.1) is 0 Å². The van der Waals surface area contributed by atoms with Crippen molar-refractivity contribution in [3.8, 4) is 0 Å². The second kappa shape index (κ2) is 16.8. The predicted octanol–water partition coefficient (Wildman–Crippen LogP) is 0.426. The van der Waals surface area contributed by atoms with Gasteiger partial charge in [-0.15, -0.1) is 6.58 Å². The molecule has 5 nitrogen and oxygen atoms in total. The van der Waals surface area contributed by atoms with Crippen LogP contribution in [0.5, 0.6) is 0 Å². The Morgan fingerprint density at radius 2 is 1.53 bits per heavy atom. The third-order valence-electron chi connectivity index (χ3n) is 0.581. The summed E-state index contributed by atoms with van der Waals surface area (Å²) in [6, 6.07) is 0. The van der Waals surface area contributed by atoms with Gasteiger partial charge in [0.15, 0.2) is 6.47 Å². The molecule has 0 aliphatic heterocycles. The fourth-order valence-electron chi connectivity index (χ4n) is 0.0711. The zero-order valence-corrected chi connectivity index (χ0v) is 21.8. The zero-order valence-electron chi connectivity index (χ0n) is 9.00. The van der Waals surface area contributed by atoms with Gasteiger partial charge in [0.05, 0.1) is 0 Å². The molecule has 0 amide bonds. The molecule has 0 bridgehead atoms. The minimum absolute atomic E-state index is 0. The summed E-state index contributed by atoms with van der Waals surface area (Å²) in [7, 11) is 0. The summed E-state index contributed by atoms with van der Waals surface area (Å²) >= 11 is 0. The number of carboxylic acids is 1. The van der Waals surface area contributed by atoms with Gasteiger partial charge in [-0.25, -0.2) is 4.79 Å². The van der Waals surface area contributed by atoms with Crippen molar-refractivity contribution in [2.45, 2.75) is 13.8 Å². The molecule has 0 saturated carbocycles. The van der Waals surface area contributed by atoms with Gasteiger partial charge in [-0.3, -0.25) is 0 Å². The number of carbonyl (C=O) groups is 1. The molecular weight excluding hydrogens is 710 g/mol. The molecule has 0 saturated heterocycles. The van der Waals surface area contributed by atoms with E-state index < -0.39 is 5.97 Å². The van der Waals surface area contributed by atoms with Crippen LogP contribution in [0.3, 0.4) is 0 Å². The number of carbonyl (C=O) groups excluding carboxylic acids is 1. The van der Waals surface area contributed by atoms with E-state index in [1.165, 1.54) is 13.4 Å². The van der Waals surface area contributed by atoms with Crippen molar-refractivity contribution in [1.29, 1.82) is 0 Å². The minimum Gasteiger partial charge on any atom is -0.614 e. The molecule has 3 N–H and O–H groups in total. The smallest absolute Gasteiger partial charge is 0.330 e. The summed E-state index contributed by atoms with van der Waals surface area (Å²) in [5.41, 5.74) is 0.176. The normalized spacial score (nSPS) is 5.73. The predicted molar refractivity (Wildman–Crippen MR) is 47.7 cm³/mol. The number of ether oxygens (including phenoxy) is 1. The Bertz CT molecular complexity index is 191. The standard InChI is InChI=1S/C4H5O2.C4H6O2.H2O.2Rf/c1-4(2)6-3-5;1-3(2)4(5)6;;;/h1H2,2H3;1H2,2H3,(H,5,6);1H2;;/q-1;;;;. The molecule has 0 fully saturated rings. The van der Waals surface area contributed by atoms with Gasteiger partial charge in [-0.1, -0.05) is 19.3 Å². The van der Waals surface area contributed by atoms with E-state index in [4.69, 9.17) is 5.11 Å². The minimum atomic E-state index is -0.935. The molecule has 0 aliphatic rings. The van der Waals surface area contributed by atoms with Gasteiger partial charge in [0.2, 0.25) is 0 Å². The first-order valence-corrected chi connectivity index (χ1v) is 3.00. The number of carboxylic acid groups (broad SMARTS) is 1. The number of aliphatic carboxylic acids is 1. The Kier molecular flexibility index (Phi) is 33.7. The van der Waals surface area contributed by atoms with Gasteiger partial charge in [-0.05, 0) is 6.92 Å². The van der Waals surface area contributed by atoms with Gasteiger partial charge in [-0.2, -0.15) is 0 Å². The van der Waals surface area contributed by atoms with E-state index in [0.29, 0.717) is 5.76 Å². The van der Waals surface area contributed by atoms with Crippen LogP contribution in [-0.4, -0.2) is 23.0 Å². The molecule has 15 heavy (non-hydrogen) atoms. The van der Waals surface area contributed by atoms with Crippen LogP contribution >= 0.6 is 0 Å². The molecule has 0 spiro atoms. The molecule has 80 valence electrons. The number of hydrogen-bond acceptors (Lipinski definition) is 3. The number of hydrogen-bond donors (Lipinski definition) is 1. The molecule has 0 aromatic rings. The average Bonchev–Trinajstić information content (AvgIpc) is 1.87. The van der Waals surface area contributed by atoms with Crippen molar-refractivity contribution >= 4 is 12.4 Å². The molecule has 0 rings (SSSR count). The van der Waals surface area contributed by atoms with Crippen molar-refractivity contribution in [3.63, 3.8) is 0 Å². The van der Waals surface area contributed by atoms with Crippen molar-refractivity contribution in [2.24, 2.45) is 0 Å². The van der Waals surface area contributed by atoms with Crippen LogP contribution < -0.4 is 0 Å². The quantitative estimate of drug-likeness (QED) is 0.260. The maximum absolute atomic E-state index is 9.60. The molecular formula is C8H13O5Rf2-. The molecule has 0 aromatic carbocycles. The second-order valence-electron chi connectivity index (χ2n) is 1.97. The van der Waals surface area contributed by atoms with Crippen molar-refractivity contribution in [1.82, 2.24) is 0 Å². The summed E-state index contributed by atoms with van der Waals surface area (Å²) < 4.78 is 4.04. The average molecular weight is 723 g/mol. The first-order chi connectivity index (χ1) is 5.41. The number of rotatable bonds is 3. The van der Waals surface area contributed by atoms with E-state index in [0.717, 1.165) is 0 Å². The fourth-order valence-corrected chi connectivity index (χ4v) is 0.0711. The summed E-state index contributed by atoms with van der Waals surface area (Å²) in [6.45, 7) is 10.7. The van der Waals surface area contributed by atoms with E-state index in [-0.39, 0.29) is 11.0 Å². The molecule has 0 aliphatic carbocycles. The summed E-state index contributed by atoms with van der Waals surface area (Å²) in [5.74, 6) is -0.569. The number of allylic oxidation sites excluding steroid dienone is 1. The van der Waals surface area contributed by atoms with Crippen molar-refractivity contribution in [2.75, 3.05) is 0 Å². The summed E-state index contributed by atoms with van der Waals surface area (Å²) in [5, 5.41) is 7.89. The van der Waals surface area contributed by atoms with E-state index >= 15 is 0 Å². The van der Waals surface area contributed by atoms with Crippen LogP contribution in [-0.2, 0) is 14.3 Å². The second-order valence-corrected chi connectivity index (χ2v) is 1.97. The van der Waals surface area contributed by atoms with E-state index in [1.807, 2.05) is 0 Å². The van der Waals surface area contributed by atoms with Crippen LogP contribution in [0.1, 0.15) is 13.8 Å². The van der Waals surface area contributed by atoms with Crippen LogP contribution in [0.2, 0.25) is 0 Å². The molecule has 7 heteroatoms. The fraction of sp³-hybridized carbons (Fsp3) is 0.250. The van der Waals surface area contributed by atoms with Crippen LogP contribution in [0.15, 0.2) is 24.5 Å². The third kappa shape index (κ3) is 63.8. The molecule has 0 aromatic heterocycles. The third-order valence-corrected chi connectivity index (χ3v) is 0.581. The molecule has 0 atom stereocenters. The van der Waals surface area contributed by atoms with Crippen molar-refractivity contribution < 1.29 is 24.9 Å². The summed E-state index contributed by atoms with van der Waals surface area (Å²) in [6.07, 6.45) is 0. The van der Waals surface area contributed by atoms with Gasteiger partial charge >= 0.3 is 5.97 Å². The van der Waals surface area contributed by atoms with E-state index in [2.05, 4.69) is 17.9 Å². The van der Waals surface area contributed by atoms with Gasteiger partial charge in [0.1, 0.15) is 0 Å². The Morgan fingerprint density at radius 1 is 1.27 bits per heavy atom. The van der Waals surface area contributed by atoms with Crippen molar-refractivity contribution in [3.05, 3.63) is 24.5 Å². The molecule has 0 radical (unpaired) electrons. The Labute approximate surface area is 76.6 Å². The van der Waals surface area contributed by atoms with E-state index in [1.54, 1.807) is 6.92 Å². The van der Waals surface area contributed by atoms with Gasteiger partial charge in [0.25, 0.3) is 0 Å². The van der Waals surface area contributed by atoms with Crippen LogP contribution in [0.4, 0.5) is 0 Å². The molecule has 0 heterocycles. The molecule has 0 unspecified atom stereocenters. The largest absolute Gasteiger partial charge is 0.614 e. The van der Waals surface area contributed by atoms with Gasteiger partial charge < -0.3 is 20.1 Å². The monoisotopic (exact) mass is 723 g/mol. The van der Waals surface area contributed by atoms with Crippen LogP contribution in [0.25, 0.3) is 0 Å². The Balaban J connectivity index is -0.0000000370. The SMILES string of the molecule is C=C(C)C(=O)O.C=C(C)O[C-]=O.O.[Rf].[Rf]. The Morgan fingerprint density at radius 3 is 1.53 bits per heavy atom. The maximum Gasteiger partial charge on any atom is 0.330 e. The summed E-state index contributed by atoms with van der Waals surface area (Å²) in [4.78, 5) is 18.8.